The van der Waals surface area contributed by atoms with Gasteiger partial charge in [-0.1, -0.05) is 0 Å². The van der Waals surface area contributed by atoms with Crippen LogP contribution in [0.2, 0.25) is 0 Å². The van der Waals surface area contributed by atoms with Gasteiger partial charge in [-0.05, 0) is 13.8 Å². The molecule has 2 aromatic rings. The number of hydrogen-bond donors (Lipinski definition) is 2. The number of aromatic nitrogens is 3. The van der Waals surface area contributed by atoms with E-state index in [2.05, 4.69) is 15.4 Å². The predicted molar refractivity (Wildman–Crippen MR) is 84.0 cm³/mol. The molecule has 2 heterocycles. The number of ether oxygens (including phenoxy) is 1. The summed E-state index contributed by atoms with van der Waals surface area (Å²) in [6.07, 6.45) is 0.481. The maximum absolute atomic E-state index is 11.8. The van der Waals surface area contributed by atoms with Crippen LogP contribution in [-0.4, -0.2) is 44.9 Å². The summed E-state index contributed by atoms with van der Waals surface area (Å²) in [7, 11) is 1.81. The summed E-state index contributed by atoms with van der Waals surface area (Å²) < 4.78 is 7.20. The number of hydrogen-bond acceptors (Lipinski definition) is 6. The lowest BCUT2D eigenvalue weighted by Gasteiger charge is -2.07. The molecule has 23 heavy (non-hydrogen) atoms. The fraction of sp³-hybridized carbons (Fsp3) is 0.429. The molecule has 0 spiro atoms. The monoisotopic (exact) mass is 338 g/mol. The molecular weight excluding hydrogens is 320 g/mol. The van der Waals surface area contributed by atoms with Crippen molar-refractivity contribution >= 4 is 23.2 Å². The van der Waals surface area contributed by atoms with Crippen LogP contribution in [0.1, 0.15) is 26.9 Å². The Balaban J connectivity index is 1.75. The highest BCUT2D eigenvalue weighted by Gasteiger charge is 2.13. The SMILES string of the molecule is Cc1nn(C)c(C)c1OCC(=O)NCCc1nc(C(=O)O)cs1. The lowest BCUT2D eigenvalue weighted by molar-refractivity contribution is -0.123. The van der Waals surface area contributed by atoms with Gasteiger partial charge in [-0.3, -0.25) is 9.48 Å². The quantitative estimate of drug-likeness (QED) is 0.778. The van der Waals surface area contributed by atoms with E-state index in [0.717, 1.165) is 11.4 Å². The van der Waals surface area contributed by atoms with E-state index in [4.69, 9.17) is 9.84 Å². The molecule has 0 atom stereocenters. The number of aromatic carboxylic acids is 1. The van der Waals surface area contributed by atoms with Crippen LogP contribution in [0.15, 0.2) is 5.38 Å². The number of nitrogens with one attached hydrogen (secondary N) is 1. The molecule has 124 valence electrons. The number of aryl methyl sites for hydroxylation is 2. The molecule has 0 aliphatic heterocycles. The topological polar surface area (TPSA) is 106 Å². The first-order valence-electron chi connectivity index (χ1n) is 6.96. The summed E-state index contributed by atoms with van der Waals surface area (Å²) in [5.41, 5.74) is 1.63. The fourth-order valence-corrected chi connectivity index (χ4v) is 2.76. The maximum atomic E-state index is 11.8. The van der Waals surface area contributed by atoms with Crippen molar-refractivity contribution in [1.29, 1.82) is 0 Å². The van der Waals surface area contributed by atoms with Gasteiger partial charge in [0.2, 0.25) is 0 Å². The van der Waals surface area contributed by atoms with Crippen molar-refractivity contribution in [2.24, 2.45) is 7.05 Å². The molecule has 0 aliphatic rings. The first-order chi connectivity index (χ1) is 10.9. The molecule has 1 amide bonds. The number of carboxylic acids is 1. The molecule has 0 bridgehead atoms. The zero-order chi connectivity index (χ0) is 17.0. The number of rotatable bonds is 7. The Hall–Kier alpha value is -2.42. The Bertz CT molecular complexity index is 722. The van der Waals surface area contributed by atoms with Gasteiger partial charge in [-0.25, -0.2) is 9.78 Å². The number of thiazole rings is 1. The number of carbonyl (C=O) groups excluding carboxylic acids is 1. The van der Waals surface area contributed by atoms with E-state index in [-0.39, 0.29) is 18.2 Å². The van der Waals surface area contributed by atoms with E-state index in [1.165, 1.54) is 16.7 Å². The highest BCUT2D eigenvalue weighted by Crippen LogP contribution is 2.20. The standard InChI is InChI=1S/C14H18N4O4S/c1-8-13(9(2)18(3)17-8)22-6-11(19)15-5-4-12-16-10(7-23-12)14(20)21/h7H,4-6H2,1-3H3,(H,15,19)(H,20,21). The van der Waals surface area contributed by atoms with Crippen molar-refractivity contribution in [3.8, 4) is 5.75 Å². The predicted octanol–water partition coefficient (Wildman–Crippen LogP) is 0.929. The molecule has 0 aromatic carbocycles. The minimum atomic E-state index is -1.05. The van der Waals surface area contributed by atoms with Crippen LogP contribution in [-0.2, 0) is 18.3 Å². The Morgan fingerprint density at radius 3 is 2.74 bits per heavy atom. The molecule has 2 aromatic heterocycles. The van der Waals surface area contributed by atoms with Gasteiger partial charge in [0.25, 0.3) is 5.91 Å². The maximum Gasteiger partial charge on any atom is 0.355 e. The summed E-state index contributed by atoms with van der Waals surface area (Å²) in [6, 6.07) is 0. The summed E-state index contributed by atoms with van der Waals surface area (Å²) in [5.74, 6) is -0.677. The second kappa shape index (κ2) is 7.23. The molecule has 0 unspecified atom stereocenters. The van der Waals surface area contributed by atoms with Gasteiger partial charge in [0.15, 0.2) is 18.1 Å². The van der Waals surface area contributed by atoms with Crippen molar-refractivity contribution in [1.82, 2.24) is 20.1 Å². The average Bonchev–Trinajstić information content (AvgIpc) is 3.04. The molecular formula is C14H18N4O4S. The highest BCUT2D eigenvalue weighted by molar-refractivity contribution is 7.09. The van der Waals surface area contributed by atoms with E-state index in [0.29, 0.717) is 23.7 Å². The van der Waals surface area contributed by atoms with Gasteiger partial charge in [0.05, 0.1) is 10.7 Å². The van der Waals surface area contributed by atoms with E-state index >= 15 is 0 Å². The molecule has 9 heteroatoms. The van der Waals surface area contributed by atoms with E-state index in [1.807, 2.05) is 20.9 Å². The Morgan fingerprint density at radius 1 is 1.43 bits per heavy atom. The molecule has 0 saturated heterocycles. The molecule has 0 saturated carbocycles. The van der Waals surface area contributed by atoms with E-state index in [9.17, 15) is 9.59 Å². The van der Waals surface area contributed by atoms with Gasteiger partial charge in [-0.2, -0.15) is 5.10 Å². The highest BCUT2D eigenvalue weighted by atomic mass is 32.1. The van der Waals surface area contributed by atoms with Gasteiger partial charge < -0.3 is 15.2 Å². The number of carboxylic acid groups (broad SMARTS) is 1. The van der Waals surface area contributed by atoms with Crippen molar-refractivity contribution in [2.75, 3.05) is 13.2 Å². The molecule has 2 rings (SSSR count). The van der Waals surface area contributed by atoms with Gasteiger partial charge in [0.1, 0.15) is 5.69 Å². The largest absolute Gasteiger partial charge is 0.480 e. The van der Waals surface area contributed by atoms with Gasteiger partial charge in [0, 0.05) is 25.4 Å². The van der Waals surface area contributed by atoms with Crippen LogP contribution in [0.25, 0.3) is 0 Å². The number of amides is 1. The van der Waals surface area contributed by atoms with Crippen LogP contribution in [0.4, 0.5) is 0 Å². The zero-order valence-corrected chi connectivity index (χ0v) is 13.9. The lowest BCUT2D eigenvalue weighted by Crippen LogP contribution is -2.30. The van der Waals surface area contributed by atoms with E-state index in [1.54, 1.807) is 4.68 Å². The van der Waals surface area contributed by atoms with Gasteiger partial charge >= 0.3 is 5.97 Å². The third kappa shape index (κ3) is 4.28. The Morgan fingerprint density at radius 2 is 2.17 bits per heavy atom. The smallest absolute Gasteiger partial charge is 0.355 e. The average molecular weight is 338 g/mol. The first-order valence-corrected chi connectivity index (χ1v) is 7.84. The van der Waals surface area contributed by atoms with Gasteiger partial charge in [-0.15, -0.1) is 11.3 Å². The summed E-state index contributed by atoms with van der Waals surface area (Å²) >= 11 is 1.26. The molecule has 8 nitrogen and oxygen atoms in total. The first kappa shape index (κ1) is 16.9. The summed E-state index contributed by atoms with van der Waals surface area (Å²) in [5, 5.41) is 17.9. The fourth-order valence-electron chi connectivity index (χ4n) is 1.98. The van der Waals surface area contributed by atoms with Crippen LogP contribution >= 0.6 is 11.3 Å². The minimum Gasteiger partial charge on any atom is -0.480 e. The van der Waals surface area contributed by atoms with Crippen molar-refractivity contribution in [3.05, 3.63) is 27.5 Å². The number of nitrogens with zero attached hydrogens (tertiary/aromatic N) is 3. The van der Waals surface area contributed by atoms with Crippen molar-refractivity contribution < 1.29 is 19.4 Å². The lowest BCUT2D eigenvalue weighted by atomic mass is 10.3. The van der Waals surface area contributed by atoms with Crippen LogP contribution < -0.4 is 10.1 Å². The van der Waals surface area contributed by atoms with Crippen molar-refractivity contribution in [2.45, 2.75) is 20.3 Å². The second-order valence-corrected chi connectivity index (χ2v) is 5.89. The zero-order valence-electron chi connectivity index (χ0n) is 13.1. The third-order valence-corrected chi connectivity index (χ3v) is 4.13. The van der Waals surface area contributed by atoms with Crippen LogP contribution in [0.3, 0.4) is 0 Å². The van der Waals surface area contributed by atoms with Crippen LogP contribution in [0.5, 0.6) is 5.75 Å². The van der Waals surface area contributed by atoms with Crippen LogP contribution in [0, 0.1) is 13.8 Å². The summed E-state index contributed by atoms with van der Waals surface area (Å²) in [6.45, 7) is 3.98. The molecule has 0 aliphatic carbocycles. The third-order valence-electron chi connectivity index (χ3n) is 3.22. The Labute approximate surface area is 137 Å². The Kier molecular flexibility index (Phi) is 5.32. The number of carbonyl (C=O) groups is 2. The molecule has 0 radical (unpaired) electrons. The second-order valence-electron chi connectivity index (χ2n) is 4.94. The molecule has 0 fully saturated rings. The van der Waals surface area contributed by atoms with E-state index < -0.39 is 5.97 Å². The minimum absolute atomic E-state index is 0.0298. The normalized spacial score (nSPS) is 10.6. The summed E-state index contributed by atoms with van der Waals surface area (Å²) in [4.78, 5) is 26.5. The van der Waals surface area contributed by atoms with Crippen molar-refractivity contribution in [3.63, 3.8) is 0 Å². The molecule has 2 N–H and O–H groups in total.